The molecule has 0 unspecified atom stereocenters. The van der Waals surface area contributed by atoms with Gasteiger partial charge in [-0.15, -0.1) is 0 Å². The predicted molar refractivity (Wildman–Crippen MR) is 40.1 cm³/mol. The largest absolute Gasteiger partial charge is 0.481 e. The molecule has 70 valence electrons. The SMILES string of the molecule is NC(=O)CS(=O)(=O)CCC(=O)O. The molecule has 6 nitrogen and oxygen atoms in total. The summed E-state index contributed by atoms with van der Waals surface area (Å²) in [5.74, 6) is -3.53. The van der Waals surface area contributed by atoms with E-state index in [1.165, 1.54) is 0 Å². The van der Waals surface area contributed by atoms with Crippen LogP contribution >= 0.6 is 0 Å². The molecule has 0 fully saturated rings. The van der Waals surface area contributed by atoms with Gasteiger partial charge >= 0.3 is 5.97 Å². The third kappa shape index (κ3) is 5.66. The van der Waals surface area contributed by atoms with E-state index in [9.17, 15) is 18.0 Å². The Labute approximate surface area is 69.3 Å². The minimum absolute atomic E-state index is 0.504. The van der Waals surface area contributed by atoms with Crippen LogP contribution in [-0.4, -0.2) is 36.9 Å². The quantitative estimate of drug-likeness (QED) is 0.546. The van der Waals surface area contributed by atoms with E-state index in [1.54, 1.807) is 0 Å². The molecule has 0 heterocycles. The molecule has 0 aliphatic heterocycles. The van der Waals surface area contributed by atoms with Gasteiger partial charge in [0.1, 0.15) is 5.75 Å². The summed E-state index contributed by atoms with van der Waals surface area (Å²) in [7, 11) is -3.63. The molecule has 0 saturated heterocycles. The lowest BCUT2D eigenvalue weighted by Gasteiger charge is -1.97. The van der Waals surface area contributed by atoms with Crippen molar-refractivity contribution in [2.75, 3.05) is 11.5 Å². The van der Waals surface area contributed by atoms with Crippen LogP contribution in [0.25, 0.3) is 0 Å². The molecule has 12 heavy (non-hydrogen) atoms. The molecule has 0 aromatic heterocycles. The molecule has 7 heteroatoms. The summed E-state index contributed by atoms with van der Waals surface area (Å²) >= 11 is 0. The average molecular weight is 195 g/mol. The molecule has 0 spiro atoms. The van der Waals surface area contributed by atoms with Crippen molar-refractivity contribution in [2.24, 2.45) is 5.73 Å². The highest BCUT2D eigenvalue weighted by Gasteiger charge is 2.15. The minimum atomic E-state index is -3.63. The lowest BCUT2D eigenvalue weighted by atomic mass is 10.5. The van der Waals surface area contributed by atoms with Crippen molar-refractivity contribution in [3.63, 3.8) is 0 Å². The molecule has 0 saturated carbocycles. The van der Waals surface area contributed by atoms with E-state index < -0.39 is 39.6 Å². The van der Waals surface area contributed by atoms with Gasteiger partial charge in [-0.05, 0) is 0 Å². The lowest BCUT2D eigenvalue weighted by Crippen LogP contribution is -2.25. The van der Waals surface area contributed by atoms with E-state index in [0.29, 0.717) is 0 Å². The Kier molecular flexibility index (Phi) is 3.68. The number of carbonyl (C=O) groups excluding carboxylic acids is 1. The molecule has 3 N–H and O–H groups in total. The Balaban J connectivity index is 4.06. The number of nitrogens with two attached hydrogens (primary N) is 1. The van der Waals surface area contributed by atoms with E-state index >= 15 is 0 Å². The number of sulfone groups is 1. The van der Waals surface area contributed by atoms with Crippen LogP contribution in [0.1, 0.15) is 6.42 Å². The molecule has 0 aliphatic rings. The second-order valence-electron chi connectivity index (χ2n) is 2.20. The molecule has 0 atom stereocenters. The van der Waals surface area contributed by atoms with Crippen molar-refractivity contribution in [3.05, 3.63) is 0 Å². The number of primary amides is 1. The Morgan fingerprint density at radius 1 is 1.33 bits per heavy atom. The summed E-state index contributed by atoms with van der Waals surface area (Å²) in [6.45, 7) is 0. The maximum Gasteiger partial charge on any atom is 0.304 e. The van der Waals surface area contributed by atoms with Crippen LogP contribution in [0.4, 0.5) is 0 Å². The Hall–Kier alpha value is -1.11. The summed E-state index contributed by atoms with van der Waals surface area (Å²) < 4.78 is 21.6. The zero-order valence-corrected chi connectivity index (χ0v) is 7.00. The molecule has 0 rings (SSSR count). The highest BCUT2D eigenvalue weighted by atomic mass is 32.2. The molecule has 0 aliphatic carbocycles. The lowest BCUT2D eigenvalue weighted by molar-refractivity contribution is -0.136. The summed E-state index contributed by atoms with van der Waals surface area (Å²) in [5, 5.41) is 8.13. The first kappa shape index (κ1) is 10.9. The van der Waals surface area contributed by atoms with Gasteiger partial charge in [0.25, 0.3) is 0 Å². The zero-order chi connectivity index (χ0) is 9.78. The first-order valence-electron chi connectivity index (χ1n) is 3.04. The van der Waals surface area contributed by atoms with E-state index in [1.807, 2.05) is 0 Å². The summed E-state index contributed by atoms with van der Waals surface area (Å²) in [4.78, 5) is 20.1. The fourth-order valence-corrected chi connectivity index (χ4v) is 1.60. The monoisotopic (exact) mass is 195 g/mol. The van der Waals surface area contributed by atoms with Gasteiger partial charge < -0.3 is 10.8 Å². The number of carbonyl (C=O) groups is 2. The van der Waals surface area contributed by atoms with E-state index in [2.05, 4.69) is 5.73 Å². The van der Waals surface area contributed by atoms with Crippen molar-refractivity contribution in [2.45, 2.75) is 6.42 Å². The first-order valence-corrected chi connectivity index (χ1v) is 4.86. The number of carboxylic acids is 1. The van der Waals surface area contributed by atoms with Crippen LogP contribution in [0, 0.1) is 0 Å². The van der Waals surface area contributed by atoms with Crippen LogP contribution in [0.15, 0.2) is 0 Å². The molecule has 1 amide bonds. The van der Waals surface area contributed by atoms with Gasteiger partial charge in [-0.25, -0.2) is 8.42 Å². The third-order valence-electron chi connectivity index (χ3n) is 0.989. The zero-order valence-electron chi connectivity index (χ0n) is 6.19. The molecule has 0 aromatic carbocycles. The smallest absolute Gasteiger partial charge is 0.304 e. The fourth-order valence-electron chi connectivity index (χ4n) is 0.532. The van der Waals surface area contributed by atoms with Gasteiger partial charge in [0.05, 0.1) is 12.2 Å². The summed E-state index contributed by atoms with van der Waals surface area (Å²) in [5.41, 5.74) is 4.62. The van der Waals surface area contributed by atoms with Crippen LogP contribution in [-0.2, 0) is 19.4 Å². The number of hydrogen-bond acceptors (Lipinski definition) is 4. The molecular weight excluding hydrogens is 186 g/mol. The highest BCUT2D eigenvalue weighted by molar-refractivity contribution is 7.92. The van der Waals surface area contributed by atoms with Gasteiger partial charge in [0.2, 0.25) is 5.91 Å². The van der Waals surface area contributed by atoms with Crippen molar-refractivity contribution in [1.82, 2.24) is 0 Å². The number of amides is 1. The molecular formula is C5H9NO5S. The van der Waals surface area contributed by atoms with Crippen molar-refractivity contribution >= 4 is 21.7 Å². The fraction of sp³-hybridized carbons (Fsp3) is 0.600. The normalized spacial score (nSPS) is 11.0. The third-order valence-corrected chi connectivity index (χ3v) is 2.54. The van der Waals surface area contributed by atoms with Gasteiger partial charge in [-0.1, -0.05) is 0 Å². The molecule has 0 bridgehead atoms. The van der Waals surface area contributed by atoms with Gasteiger partial charge in [0, 0.05) is 0 Å². The van der Waals surface area contributed by atoms with Gasteiger partial charge in [-0.2, -0.15) is 0 Å². The average Bonchev–Trinajstić information content (AvgIpc) is 1.81. The van der Waals surface area contributed by atoms with Gasteiger partial charge in [0.15, 0.2) is 9.84 Å². The topological polar surface area (TPSA) is 115 Å². The predicted octanol–water partition coefficient (Wildman–Crippen LogP) is -1.64. The standard InChI is InChI=1S/C5H9NO5S/c6-4(7)3-12(10,11)2-1-5(8)9/h1-3H2,(H2,6,7)(H,8,9). The minimum Gasteiger partial charge on any atom is -0.481 e. The number of hydrogen-bond donors (Lipinski definition) is 2. The van der Waals surface area contributed by atoms with E-state index in [-0.39, 0.29) is 0 Å². The second-order valence-corrected chi connectivity index (χ2v) is 4.39. The van der Waals surface area contributed by atoms with Crippen LogP contribution < -0.4 is 5.73 Å². The van der Waals surface area contributed by atoms with Crippen molar-refractivity contribution < 1.29 is 23.1 Å². The van der Waals surface area contributed by atoms with Gasteiger partial charge in [-0.3, -0.25) is 9.59 Å². The van der Waals surface area contributed by atoms with E-state index in [4.69, 9.17) is 5.11 Å². The van der Waals surface area contributed by atoms with Crippen LogP contribution in [0.2, 0.25) is 0 Å². The number of rotatable bonds is 5. The van der Waals surface area contributed by atoms with Crippen molar-refractivity contribution in [3.8, 4) is 0 Å². The number of carboxylic acid groups (broad SMARTS) is 1. The highest BCUT2D eigenvalue weighted by Crippen LogP contribution is 1.93. The Morgan fingerprint density at radius 2 is 1.83 bits per heavy atom. The van der Waals surface area contributed by atoms with E-state index in [0.717, 1.165) is 0 Å². The Bertz CT molecular complexity index is 280. The Morgan fingerprint density at radius 3 is 2.17 bits per heavy atom. The number of aliphatic carboxylic acids is 1. The first-order chi connectivity index (χ1) is 5.33. The van der Waals surface area contributed by atoms with Crippen LogP contribution in [0.5, 0.6) is 0 Å². The summed E-state index contributed by atoms with van der Waals surface area (Å²) in [6.07, 6.45) is -0.504. The maximum atomic E-state index is 10.8. The van der Waals surface area contributed by atoms with Crippen molar-refractivity contribution in [1.29, 1.82) is 0 Å². The maximum absolute atomic E-state index is 10.8. The second kappa shape index (κ2) is 4.05. The molecule has 0 aromatic rings. The molecule has 0 radical (unpaired) electrons. The van der Waals surface area contributed by atoms with Crippen LogP contribution in [0.3, 0.4) is 0 Å². The summed E-state index contributed by atoms with van der Waals surface area (Å²) in [6, 6.07) is 0.